The molecular formula is C12H17F3N2O. The Morgan fingerprint density at radius 1 is 1.28 bits per heavy atom. The fraction of sp³-hybridized carbons (Fsp3) is 0.500. The minimum absolute atomic E-state index is 0.109. The van der Waals surface area contributed by atoms with Gasteiger partial charge in [-0.25, -0.2) is 0 Å². The van der Waals surface area contributed by atoms with Gasteiger partial charge < -0.3 is 15.8 Å². The number of ether oxygens (including phenoxy) is 1. The molecule has 0 amide bonds. The molecule has 0 fully saturated rings. The van der Waals surface area contributed by atoms with Gasteiger partial charge in [-0.05, 0) is 6.07 Å². The van der Waals surface area contributed by atoms with Crippen LogP contribution in [0.15, 0.2) is 24.3 Å². The van der Waals surface area contributed by atoms with Crippen LogP contribution >= 0.6 is 0 Å². The van der Waals surface area contributed by atoms with Gasteiger partial charge in [-0.3, -0.25) is 0 Å². The van der Waals surface area contributed by atoms with Crippen molar-refractivity contribution >= 4 is 0 Å². The minimum atomic E-state index is -4.70. The van der Waals surface area contributed by atoms with Crippen LogP contribution in [0.3, 0.4) is 0 Å². The first-order valence-corrected chi connectivity index (χ1v) is 5.64. The molecule has 1 unspecified atom stereocenters. The Bertz CT molecular complexity index is 380. The van der Waals surface area contributed by atoms with Crippen LogP contribution in [0.25, 0.3) is 0 Å². The van der Waals surface area contributed by atoms with Crippen molar-refractivity contribution in [2.75, 3.05) is 6.54 Å². The summed E-state index contributed by atoms with van der Waals surface area (Å²) in [6.45, 7) is 3.99. The number of nitrogens with one attached hydrogen (secondary N) is 1. The smallest absolute Gasteiger partial charge is 0.405 e. The largest absolute Gasteiger partial charge is 0.573 e. The standard InChI is InChI=1S/C12H17F3N2O/c1-8(2)17-10(7-16)9-5-3-4-6-11(9)18-12(13,14)15/h3-6,8,10,17H,7,16H2,1-2H3. The summed E-state index contributed by atoms with van der Waals surface area (Å²) in [7, 11) is 0. The Kier molecular flexibility index (Phi) is 4.98. The predicted octanol–water partition coefficient (Wildman–Crippen LogP) is 2.58. The number of rotatable bonds is 5. The SMILES string of the molecule is CC(C)NC(CN)c1ccccc1OC(F)(F)F. The molecule has 18 heavy (non-hydrogen) atoms. The van der Waals surface area contributed by atoms with E-state index < -0.39 is 6.36 Å². The summed E-state index contributed by atoms with van der Waals surface area (Å²) in [6.07, 6.45) is -4.70. The zero-order chi connectivity index (χ0) is 13.8. The molecule has 3 N–H and O–H groups in total. The van der Waals surface area contributed by atoms with Crippen molar-refractivity contribution in [3.05, 3.63) is 29.8 Å². The molecule has 1 aromatic carbocycles. The highest BCUT2D eigenvalue weighted by molar-refractivity contribution is 5.36. The van der Waals surface area contributed by atoms with Crippen LogP contribution in [0.2, 0.25) is 0 Å². The lowest BCUT2D eigenvalue weighted by molar-refractivity contribution is -0.275. The van der Waals surface area contributed by atoms with E-state index in [0.717, 1.165) is 0 Å². The lowest BCUT2D eigenvalue weighted by atomic mass is 10.1. The summed E-state index contributed by atoms with van der Waals surface area (Å²) >= 11 is 0. The van der Waals surface area contributed by atoms with Crippen LogP contribution in [0, 0.1) is 0 Å². The number of hydrogen-bond acceptors (Lipinski definition) is 3. The van der Waals surface area contributed by atoms with Crippen LogP contribution < -0.4 is 15.8 Å². The van der Waals surface area contributed by atoms with Crippen molar-refractivity contribution in [3.63, 3.8) is 0 Å². The number of halogens is 3. The summed E-state index contributed by atoms with van der Waals surface area (Å²) in [4.78, 5) is 0. The molecule has 0 saturated carbocycles. The third-order valence-electron chi connectivity index (χ3n) is 2.29. The molecule has 0 aliphatic heterocycles. The monoisotopic (exact) mass is 262 g/mol. The summed E-state index contributed by atoms with van der Waals surface area (Å²) in [6, 6.07) is 5.75. The number of alkyl halides is 3. The third-order valence-corrected chi connectivity index (χ3v) is 2.29. The maximum absolute atomic E-state index is 12.3. The summed E-state index contributed by atoms with van der Waals surface area (Å²) in [5.41, 5.74) is 5.99. The highest BCUT2D eigenvalue weighted by atomic mass is 19.4. The zero-order valence-corrected chi connectivity index (χ0v) is 10.3. The first-order chi connectivity index (χ1) is 8.33. The number of benzene rings is 1. The maximum atomic E-state index is 12.3. The first kappa shape index (κ1) is 14.8. The van der Waals surface area contributed by atoms with Crippen LogP contribution in [-0.4, -0.2) is 18.9 Å². The van der Waals surface area contributed by atoms with Crippen molar-refractivity contribution in [3.8, 4) is 5.75 Å². The Balaban J connectivity index is 2.99. The van der Waals surface area contributed by atoms with Gasteiger partial charge in [0.15, 0.2) is 0 Å². The van der Waals surface area contributed by atoms with E-state index in [9.17, 15) is 13.2 Å². The van der Waals surface area contributed by atoms with E-state index in [-0.39, 0.29) is 24.4 Å². The highest BCUT2D eigenvalue weighted by Crippen LogP contribution is 2.30. The normalized spacial score (nSPS) is 13.7. The fourth-order valence-corrected chi connectivity index (χ4v) is 1.67. The van der Waals surface area contributed by atoms with Gasteiger partial charge in [0, 0.05) is 24.2 Å². The summed E-state index contributed by atoms with van der Waals surface area (Å²) in [5, 5.41) is 3.10. The molecule has 0 aromatic heterocycles. The molecule has 1 rings (SSSR count). The van der Waals surface area contributed by atoms with Gasteiger partial charge in [0.25, 0.3) is 0 Å². The Labute approximate surface area is 104 Å². The molecule has 6 heteroatoms. The van der Waals surface area contributed by atoms with Gasteiger partial charge in [-0.2, -0.15) is 0 Å². The average molecular weight is 262 g/mol. The molecule has 0 bridgehead atoms. The van der Waals surface area contributed by atoms with E-state index in [1.165, 1.54) is 12.1 Å². The van der Waals surface area contributed by atoms with E-state index in [4.69, 9.17) is 5.73 Å². The lowest BCUT2D eigenvalue weighted by Crippen LogP contribution is -2.34. The Hall–Kier alpha value is -1.27. The Morgan fingerprint density at radius 2 is 1.89 bits per heavy atom. The molecule has 0 aliphatic carbocycles. The van der Waals surface area contributed by atoms with Gasteiger partial charge in [-0.15, -0.1) is 13.2 Å². The highest BCUT2D eigenvalue weighted by Gasteiger charge is 2.32. The van der Waals surface area contributed by atoms with Crippen LogP contribution in [0.4, 0.5) is 13.2 Å². The van der Waals surface area contributed by atoms with Crippen molar-refractivity contribution < 1.29 is 17.9 Å². The minimum Gasteiger partial charge on any atom is -0.405 e. The second kappa shape index (κ2) is 6.06. The lowest BCUT2D eigenvalue weighted by Gasteiger charge is -2.23. The van der Waals surface area contributed by atoms with Gasteiger partial charge in [0.1, 0.15) is 5.75 Å². The molecule has 1 atom stereocenters. The quantitative estimate of drug-likeness (QED) is 0.857. The molecule has 3 nitrogen and oxygen atoms in total. The maximum Gasteiger partial charge on any atom is 0.573 e. The van der Waals surface area contributed by atoms with Gasteiger partial charge in [-0.1, -0.05) is 32.0 Å². The average Bonchev–Trinajstić information content (AvgIpc) is 2.24. The van der Waals surface area contributed by atoms with Crippen molar-refractivity contribution in [1.82, 2.24) is 5.32 Å². The van der Waals surface area contributed by atoms with Crippen LogP contribution in [0.1, 0.15) is 25.5 Å². The topological polar surface area (TPSA) is 47.3 Å². The van der Waals surface area contributed by atoms with E-state index in [1.807, 2.05) is 13.8 Å². The third kappa shape index (κ3) is 4.54. The van der Waals surface area contributed by atoms with Gasteiger partial charge in [0.2, 0.25) is 0 Å². The van der Waals surface area contributed by atoms with E-state index >= 15 is 0 Å². The Morgan fingerprint density at radius 3 is 2.39 bits per heavy atom. The second-order valence-electron chi connectivity index (χ2n) is 4.20. The van der Waals surface area contributed by atoms with Crippen molar-refractivity contribution in [2.24, 2.45) is 5.73 Å². The predicted molar refractivity (Wildman–Crippen MR) is 63.2 cm³/mol. The van der Waals surface area contributed by atoms with Crippen LogP contribution in [-0.2, 0) is 0 Å². The zero-order valence-electron chi connectivity index (χ0n) is 10.3. The molecule has 0 aliphatic rings. The molecule has 0 radical (unpaired) electrons. The van der Waals surface area contributed by atoms with E-state index in [2.05, 4.69) is 10.1 Å². The molecule has 1 aromatic rings. The second-order valence-corrected chi connectivity index (χ2v) is 4.20. The summed E-state index contributed by atoms with van der Waals surface area (Å²) in [5.74, 6) is -0.214. The van der Waals surface area contributed by atoms with E-state index in [0.29, 0.717) is 5.56 Å². The van der Waals surface area contributed by atoms with Gasteiger partial charge >= 0.3 is 6.36 Å². The first-order valence-electron chi connectivity index (χ1n) is 5.64. The molecule has 0 saturated heterocycles. The molecular weight excluding hydrogens is 245 g/mol. The van der Waals surface area contributed by atoms with E-state index in [1.54, 1.807) is 12.1 Å². The molecule has 0 heterocycles. The van der Waals surface area contributed by atoms with Crippen molar-refractivity contribution in [2.45, 2.75) is 32.3 Å². The van der Waals surface area contributed by atoms with Crippen molar-refractivity contribution in [1.29, 1.82) is 0 Å². The van der Waals surface area contributed by atoms with Crippen LogP contribution in [0.5, 0.6) is 5.75 Å². The summed E-state index contributed by atoms with van der Waals surface area (Å²) < 4.78 is 40.8. The molecule has 0 spiro atoms. The number of nitrogens with two attached hydrogens (primary N) is 1. The van der Waals surface area contributed by atoms with Gasteiger partial charge in [0.05, 0.1) is 0 Å². The number of para-hydroxylation sites is 1. The fourth-order valence-electron chi connectivity index (χ4n) is 1.67. The number of hydrogen-bond donors (Lipinski definition) is 2. The molecule has 102 valence electrons.